The second-order valence-electron chi connectivity index (χ2n) is 4.32. The molecule has 0 saturated carbocycles. The Morgan fingerprint density at radius 3 is 2.52 bits per heavy atom. The van der Waals surface area contributed by atoms with E-state index >= 15 is 0 Å². The molecule has 0 atom stereocenters. The Balaban J connectivity index is 2.11. The molecule has 2 aromatic rings. The summed E-state index contributed by atoms with van der Waals surface area (Å²) in [6, 6.07) is 3.43. The van der Waals surface area contributed by atoms with Gasteiger partial charge in [-0.15, -0.1) is 5.10 Å². The summed E-state index contributed by atoms with van der Waals surface area (Å²) in [5.74, 6) is -1.22. The van der Waals surface area contributed by atoms with Gasteiger partial charge < -0.3 is 9.47 Å². The maximum atomic E-state index is 13.6. The fourth-order valence-electron chi connectivity index (χ4n) is 1.84. The van der Waals surface area contributed by atoms with Gasteiger partial charge in [-0.25, -0.2) is 13.5 Å². The molecule has 1 heterocycles. The van der Waals surface area contributed by atoms with Crippen molar-refractivity contribution in [1.29, 1.82) is 0 Å². The van der Waals surface area contributed by atoms with Crippen LogP contribution in [0.3, 0.4) is 0 Å². The van der Waals surface area contributed by atoms with E-state index in [-0.39, 0.29) is 6.54 Å². The summed E-state index contributed by atoms with van der Waals surface area (Å²) in [5, 5.41) is 7.87. The van der Waals surface area contributed by atoms with Gasteiger partial charge in [-0.3, -0.25) is 0 Å². The van der Waals surface area contributed by atoms with Crippen LogP contribution < -0.4 is 0 Å². The van der Waals surface area contributed by atoms with Gasteiger partial charge in [-0.1, -0.05) is 11.3 Å². The van der Waals surface area contributed by atoms with Crippen molar-refractivity contribution in [3.05, 3.63) is 47.3 Å². The monoisotopic (exact) mass is 297 g/mol. The lowest BCUT2D eigenvalue weighted by Crippen LogP contribution is -2.09. The average molecular weight is 297 g/mol. The molecule has 21 heavy (non-hydrogen) atoms. The zero-order chi connectivity index (χ0) is 15.2. The Bertz CT molecular complexity index is 583. The Morgan fingerprint density at radius 2 is 1.90 bits per heavy atom. The lowest BCUT2D eigenvalue weighted by Gasteiger charge is -2.13. The minimum Gasteiger partial charge on any atom is -0.347 e. The topological polar surface area (TPSA) is 49.2 Å². The van der Waals surface area contributed by atoms with E-state index in [4.69, 9.17) is 9.47 Å². The number of ether oxygens (including phenoxy) is 2. The highest BCUT2D eigenvalue weighted by Gasteiger charge is 2.16. The summed E-state index contributed by atoms with van der Waals surface area (Å²) < 4.78 is 38.7. The molecule has 0 fully saturated rings. The maximum absolute atomic E-state index is 13.6. The predicted molar refractivity (Wildman–Crippen MR) is 71.5 cm³/mol. The first-order chi connectivity index (χ1) is 10.1. The van der Waals surface area contributed by atoms with Gasteiger partial charge >= 0.3 is 0 Å². The highest BCUT2D eigenvalue weighted by molar-refractivity contribution is 5.18. The van der Waals surface area contributed by atoms with Crippen molar-refractivity contribution in [3.63, 3.8) is 0 Å². The first-order valence-corrected chi connectivity index (χ1v) is 6.71. The van der Waals surface area contributed by atoms with Crippen molar-refractivity contribution in [3.8, 4) is 0 Å². The molecule has 5 nitrogen and oxygen atoms in total. The van der Waals surface area contributed by atoms with E-state index in [9.17, 15) is 8.78 Å². The zero-order valence-electron chi connectivity index (χ0n) is 11.9. The summed E-state index contributed by atoms with van der Waals surface area (Å²) >= 11 is 0. The summed E-state index contributed by atoms with van der Waals surface area (Å²) in [6.07, 6.45) is 1.03. The summed E-state index contributed by atoms with van der Waals surface area (Å²) in [5.41, 5.74) is 0.846. The van der Waals surface area contributed by atoms with Gasteiger partial charge in [0.05, 0.1) is 12.7 Å². The van der Waals surface area contributed by atoms with Crippen LogP contribution in [0.2, 0.25) is 0 Å². The number of nitrogens with zero attached hydrogens (tertiary/aromatic N) is 3. The lowest BCUT2D eigenvalue weighted by atomic mass is 10.2. The molecular formula is C14H17F2N3O2. The predicted octanol–water partition coefficient (Wildman–Crippen LogP) is 2.68. The van der Waals surface area contributed by atoms with Crippen LogP contribution >= 0.6 is 0 Å². The normalized spacial score (nSPS) is 11.3. The van der Waals surface area contributed by atoms with Gasteiger partial charge in [0.1, 0.15) is 17.3 Å². The van der Waals surface area contributed by atoms with Crippen molar-refractivity contribution in [2.75, 3.05) is 13.2 Å². The minimum atomic E-state index is -0.613. The van der Waals surface area contributed by atoms with Crippen LogP contribution in [0.25, 0.3) is 0 Å². The fraction of sp³-hybridized carbons (Fsp3) is 0.429. The van der Waals surface area contributed by atoms with Crippen molar-refractivity contribution >= 4 is 0 Å². The lowest BCUT2D eigenvalue weighted by molar-refractivity contribution is -0.142. The number of rotatable bonds is 7. The molecule has 0 saturated heterocycles. The summed E-state index contributed by atoms with van der Waals surface area (Å²) in [6.45, 7) is 4.81. The summed E-state index contributed by atoms with van der Waals surface area (Å²) in [7, 11) is 0. The standard InChI is InChI=1S/C14H17F2N3O2/c1-3-20-14(21-4-2)13-9-19(18-17-13)8-10-5-6-11(15)7-12(10)16/h5-7,9,14H,3-4,8H2,1-2H3. The van der Waals surface area contributed by atoms with E-state index in [0.717, 1.165) is 6.07 Å². The number of hydrogen-bond acceptors (Lipinski definition) is 4. The summed E-state index contributed by atoms with van der Waals surface area (Å²) in [4.78, 5) is 0. The molecule has 7 heteroatoms. The number of aromatic nitrogens is 3. The molecule has 0 radical (unpaired) electrons. The van der Waals surface area contributed by atoms with Gasteiger partial charge in [-0.05, 0) is 19.9 Å². The third-order valence-corrected chi connectivity index (χ3v) is 2.78. The molecule has 0 N–H and O–H groups in total. The van der Waals surface area contributed by atoms with Gasteiger partial charge in [0.2, 0.25) is 6.29 Å². The third-order valence-electron chi connectivity index (χ3n) is 2.78. The van der Waals surface area contributed by atoms with Gasteiger partial charge in [-0.2, -0.15) is 0 Å². The van der Waals surface area contributed by atoms with Crippen LogP contribution in [0.15, 0.2) is 24.4 Å². The van der Waals surface area contributed by atoms with Crippen molar-refractivity contribution in [1.82, 2.24) is 15.0 Å². The molecule has 114 valence electrons. The van der Waals surface area contributed by atoms with E-state index in [1.807, 2.05) is 13.8 Å². The molecule has 0 bridgehead atoms. The SMILES string of the molecule is CCOC(OCC)c1cn(Cc2ccc(F)cc2F)nn1. The van der Waals surface area contributed by atoms with Crippen molar-refractivity contribution < 1.29 is 18.3 Å². The average Bonchev–Trinajstić information content (AvgIpc) is 2.90. The number of hydrogen-bond donors (Lipinski definition) is 0. The Labute approximate surface area is 121 Å². The molecule has 0 spiro atoms. The molecule has 2 rings (SSSR count). The van der Waals surface area contributed by atoms with E-state index in [1.54, 1.807) is 6.20 Å². The Hall–Kier alpha value is -1.86. The van der Waals surface area contributed by atoms with Crippen LogP contribution in [0, 0.1) is 11.6 Å². The Kier molecular flexibility index (Phi) is 5.35. The van der Waals surface area contributed by atoms with Gasteiger partial charge in [0, 0.05) is 24.8 Å². The van der Waals surface area contributed by atoms with Crippen LogP contribution in [0.4, 0.5) is 8.78 Å². The molecule has 0 aliphatic rings. The highest BCUT2D eigenvalue weighted by atomic mass is 19.1. The van der Waals surface area contributed by atoms with Crippen LogP contribution in [0.1, 0.15) is 31.4 Å². The maximum Gasteiger partial charge on any atom is 0.204 e. The minimum absolute atomic E-state index is 0.157. The second kappa shape index (κ2) is 7.24. The molecule has 1 aromatic heterocycles. The van der Waals surface area contributed by atoms with E-state index in [0.29, 0.717) is 24.5 Å². The third kappa shape index (κ3) is 4.05. The smallest absolute Gasteiger partial charge is 0.204 e. The van der Waals surface area contributed by atoms with E-state index in [2.05, 4.69) is 10.3 Å². The van der Waals surface area contributed by atoms with E-state index < -0.39 is 17.9 Å². The molecule has 1 aromatic carbocycles. The molecule has 0 unspecified atom stereocenters. The quantitative estimate of drug-likeness (QED) is 0.737. The fourth-order valence-corrected chi connectivity index (χ4v) is 1.84. The number of benzene rings is 1. The largest absolute Gasteiger partial charge is 0.347 e. The highest BCUT2D eigenvalue weighted by Crippen LogP contribution is 2.17. The van der Waals surface area contributed by atoms with Crippen LogP contribution in [-0.4, -0.2) is 28.2 Å². The molecule has 0 aliphatic carbocycles. The second-order valence-corrected chi connectivity index (χ2v) is 4.32. The van der Waals surface area contributed by atoms with Crippen molar-refractivity contribution in [2.45, 2.75) is 26.7 Å². The van der Waals surface area contributed by atoms with Gasteiger partial charge in [0.15, 0.2) is 0 Å². The van der Waals surface area contributed by atoms with Crippen LogP contribution in [-0.2, 0) is 16.0 Å². The van der Waals surface area contributed by atoms with E-state index in [1.165, 1.54) is 16.8 Å². The first kappa shape index (κ1) is 15.5. The van der Waals surface area contributed by atoms with Crippen molar-refractivity contribution in [2.24, 2.45) is 0 Å². The number of halogens is 2. The molecule has 0 amide bonds. The first-order valence-electron chi connectivity index (χ1n) is 6.71. The van der Waals surface area contributed by atoms with Crippen LogP contribution in [0.5, 0.6) is 0 Å². The van der Waals surface area contributed by atoms with Gasteiger partial charge in [0.25, 0.3) is 0 Å². The molecular weight excluding hydrogens is 280 g/mol. The Morgan fingerprint density at radius 1 is 1.19 bits per heavy atom. The molecule has 0 aliphatic heterocycles. The zero-order valence-corrected chi connectivity index (χ0v) is 11.9.